The van der Waals surface area contributed by atoms with Gasteiger partial charge in [0.15, 0.2) is 6.10 Å². The molecule has 4 rings (SSSR count). The van der Waals surface area contributed by atoms with E-state index in [1.165, 1.54) is 0 Å². The van der Waals surface area contributed by atoms with Gasteiger partial charge in [0.25, 0.3) is 5.91 Å². The third-order valence-electron chi connectivity index (χ3n) is 4.98. The van der Waals surface area contributed by atoms with Crippen molar-refractivity contribution < 1.29 is 14.3 Å². The highest BCUT2D eigenvalue weighted by Crippen LogP contribution is 2.28. The summed E-state index contributed by atoms with van der Waals surface area (Å²) in [4.78, 5) is 29.4. The molecule has 1 aromatic heterocycles. The Morgan fingerprint density at radius 2 is 2.03 bits per heavy atom. The highest BCUT2D eigenvalue weighted by Gasteiger charge is 2.37. The van der Waals surface area contributed by atoms with Crippen LogP contribution in [0.3, 0.4) is 0 Å². The van der Waals surface area contributed by atoms with Gasteiger partial charge in [-0.05, 0) is 30.7 Å². The van der Waals surface area contributed by atoms with E-state index in [4.69, 9.17) is 16.3 Å². The Bertz CT molecular complexity index is 1070. The smallest absolute Gasteiger partial charge is 0.252 e. The van der Waals surface area contributed by atoms with E-state index in [9.17, 15) is 9.59 Å². The van der Waals surface area contributed by atoms with Gasteiger partial charge in [0.1, 0.15) is 12.4 Å². The third-order valence-corrected chi connectivity index (χ3v) is 5.33. The summed E-state index contributed by atoms with van der Waals surface area (Å²) in [5.41, 5.74) is 2.55. The number of carbonyl (C=O) groups excluding carboxylic acids is 2. The molecule has 2 N–H and O–H groups in total. The van der Waals surface area contributed by atoms with E-state index < -0.39 is 12.1 Å². The molecule has 29 heavy (non-hydrogen) atoms. The number of carbonyl (C=O) groups is 2. The van der Waals surface area contributed by atoms with Gasteiger partial charge >= 0.3 is 0 Å². The van der Waals surface area contributed by atoms with Crippen molar-refractivity contribution in [3.8, 4) is 0 Å². The molecule has 7 nitrogen and oxygen atoms in total. The SMILES string of the molecule is CCn1c(CNC(=O)[C@H]2OCC(=O)N[C@@H]2c2ccccc2Cl)nc2ccccc21. The monoisotopic (exact) mass is 412 g/mol. The van der Waals surface area contributed by atoms with E-state index in [0.717, 1.165) is 23.4 Å². The number of para-hydroxylation sites is 2. The van der Waals surface area contributed by atoms with Gasteiger partial charge in [-0.1, -0.05) is 41.9 Å². The molecule has 1 saturated heterocycles. The van der Waals surface area contributed by atoms with Crippen LogP contribution >= 0.6 is 11.6 Å². The number of halogens is 1. The standard InChI is InChI=1S/C21H21ClN4O3/c1-2-26-16-10-6-5-9-15(16)24-17(26)11-23-21(28)20-19(25-18(27)12-29-20)13-7-3-4-8-14(13)22/h3-10,19-20H,2,11-12H2,1H3,(H,23,28)(H,25,27)/t19-,20+/m1/s1. The van der Waals surface area contributed by atoms with Gasteiger partial charge in [0.2, 0.25) is 5.91 Å². The minimum Gasteiger partial charge on any atom is -0.356 e. The number of nitrogens with one attached hydrogen (secondary N) is 2. The quantitative estimate of drug-likeness (QED) is 0.674. The molecule has 0 radical (unpaired) electrons. The van der Waals surface area contributed by atoms with Crippen LogP contribution in [0.1, 0.15) is 24.4 Å². The summed E-state index contributed by atoms with van der Waals surface area (Å²) < 4.78 is 7.63. The fraction of sp³-hybridized carbons (Fsp3) is 0.286. The minimum atomic E-state index is -0.882. The Balaban J connectivity index is 1.54. The fourth-order valence-electron chi connectivity index (χ4n) is 3.63. The molecule has 0 unspecified atom stereocenters. The maximum Gasteiger partial charge on any atom is 0.252 e. The molecule has 0 spiro atoms. The molecule has 150 valence electrons. The van der Waals surface area contributed by atoms with Crippen molar-refractivity contribution >= 4 is 34.4 Å². The zero-order valence-electron chi connectivity index (χ0n) is 15.9. The topological polar surface area (TPSA) is 85.2 Å². The molecule has 0 saturated carbocycles. The number of hydrogen-bond acceptors (Lipinski definition) is 4. The third kappa shape index (κ3) is 3.83. The molecular formula is C21H21ClN4O3. The summed E-state index contributed by atoms with van der Waals surface area (Å²) in [6.45, 7) is 2.85. The Morgan fingerprint density at radius 1 is 1.28 bits per heavy atom. The van der Waals surface area contributed by atoms with Crippen LogP contribution in [-0.4, -0.2) is 34.1 Å². The van der Waals surface area contributed by atoms with Gasteiger partial charge in [-0.3, -0.25) is 9.59 Å². The van der Waals surface area contributed by atoms with Crippen molar-refractivity contribution in [3.63, 3.8) is 0 Å². The van der Waals surface area contributed by atoms with E-state index in [1.807, 2.05) is 31.2 Å². The summed E-state index contributed by atoms with van der Waals surface area (Å²) >= 11 is 6.28. The average Bonchev–Trinajstić information content (AvgIpc) is 3.09. The van der Waals surface area contributed by atoms with Crippen LogP contribution in [-0.2, 0) is 27.4 Å². The van der Waals surface area contributed by atoms with E-state index in [2.05, 4.69) is 20.2 Å². The molecule has 1 aliphatic heterocycles. The number of aryl methyl sites for hydroxylation is 1. The number of morpholine rings is 1. The molecule has 1 aliphatic rings. The van der Waals surface area contributed by atoms with Gasteiger partial charge in [-0.15, -0.1) is 0 Å². The zero-order valence-corrected chi connectivity index (χ0v) is 16.6. The summed E-state index contributed by atoms with van der Waals surface area (Å²) in [7, 11) is 0. The Morgan fingerprint density at radius 3 is 2.83 bits per heavy atom. The number of ether oxygens (including phenoxy) is 1. The lowest BCUT2D eigenvalue weighted by Crippen LogP contribution is -2.52. The molecular weight excluding hydrogens is 392 g/mol. The number of fused-ring (bicyclic) bond motifs is 1. The first kappa shape index (κ1) is 19.4. The molecule has 0 aliphatic carbocycles. The zero-order chi connectivity index (χ0) is 20.4. The lowest BCUT2D eigenvalue weighted by molar-refractivity contribution is -0.148. The fourth-order valence-corrected chi connectivity index (χ4v) is 3.88. The molecule has 8 heteroatoms. The predicted octanol–water partition coefficient (Wildman–Crippen LogP) is 2.58. The summed E-state index contributed by atoms with van der Waals surface area (Å²) in [5, 5.41) is 6.18. The molecule has 2 atom stereocenters. The molecule has 2 amide bonds. The van der Waals surface area contributed by atoms with Crippen LogP contribution in [0.25, 0.3) is 11.0 Å². The first-order valence-corrected chi connectivity index (χ1v) is 9.83. The van der Waals surface area contributed by atoms with Crippen LogP contribution in [0.15, 0.2) is 48.5 Å². The second kappa shape index (κ2) is 8.23. The molecule has 3 aromatic rings. The van der Waals surface area contributed by atoms with Gasteiger partial charge in [0, 0.05) is 11.6 Å². The van der Waals surface area contributed by atoms with Gasteiger partial charge in [0.05, 0.1) is 23.6 Å². The van der Waals surface area contributed by atoms with Crippen molar-refractivity contribution in [1.29, 1.82) is 0 Å². The molecule has 1 fully saturated rings. The number of nitrogens with zero attached hydrogens (tertiary/aromatic N) is 2. The predicted molar refractivity (Wildman–Crippen MR) is 109 cm³/mol. The lowest BCUT2D eigenvalue weighted by Gasteiger charge is -2.32. The number of amides is 2. The van der Waals surface area contributed by atoms with Crippen LogP contribution in [0.4, 0.5) is 0 Å². The Labute approximate surface area is 173 Å². The van der Waals surface area contributed by atoms with E-state index >= 15 is 0 Å². The number of hydrogen-bond donors (Lipinski definition) is 2. The van der Waals surface area contributed by atoms with Crippen molar-refractivity contribution in [2.45, 2.75) is 32.2 Å². The first-order chi connectivity index (χ1) is 14.1. The van der Waals surface area contributed by atoms with Gasteiger partial charge in [-0.25, -0.2) is 4.98 Å². The van der Waals surface area contributed by atoms with E-state index in [-0.39, 0.29) is 25.0 Å². The highest BCUT2D eigenvalue weighted by molar-refractivity contribution is 6.31. The first-order valence-electron chi connectivity index (χ1n) is 9.45. The highest BCUT2D eigenvalue weighted by atomic mass is 35.5. The summed E-state index contributed by atoms with van der Waals surface area (Å²) in [6.07, 6.45) is -0.882. The average molecular weight is 413 g/mol. The number of aromatic nitrogens is 2. The van der Waals surface area contributed by atoms with Crippen molar-refractivity contribution in [1.82, 2.24) is 20.2 Å². The maximum atomic E-state index is 12.9. The van der Waals surface area contributed by atoms with E-state index in [0.29, 0.717) is 10.6 Å². The molecule has 2 heterocycles. The van der Waals surface area contributed by atoms with Crippen molar-refractivity contribution in [3.05, 3.63) is 64.9 Å². The molecule has 0 bridgehead atoms. The van der Waals surface area contributed by atoms with Crippen molar-refractivity contribution in [2.24, 2.45) is 0 Å². The second-order valence-corrected chi connectivity index (χ2v) is 7.18. The normalized spacial score (nSPS) is 19.2. The molecule has 2 aromatic carbocycles. The van der Waals surface area contributed by atoms with Gasteiger partial charge in [-0.2, -0.15) is 0 Å². The van der Waals surface area contributed by atoms with Crippen molar-refractivity contribution in [2.75, 3.05) is 6.61 Å². The Hall–Kier alpha value is -2.90. The number of rotatable bonds is 5. The minimum absolute atomic E-state index is 0.174. The van der Waals surface area contributed by atoms with Gasteiger partial charge < -0.3 is 19.9 Å². The largest absolute Gasteiger partial charge is 0.356 e. The number of benzene rings is 2. The van der Waals surface area contributed by atoms with Crippen LogP contribution in [0.2, 0.25) is 5.02 Å². The number of imidazole rings is 1. The van der Waals surface area contributed by atoms with E-state index in [1.54, 1.807) is 24.3 Å². The summed E-state index contributed by atoms with van der Waals surface area (Å²) in [5.74, 6) is 0.146. The second-order valence-electron chi connectivity index (χ2n) is 6.78. The van der Waals surface area contributed by atoms with Crippen LogP contribution < -0.4 is 10.6 Å². The maximum absolute atomic E-state index is 12.9. The lowest BCUT2D eigenvalue weighted by atomic mass is 9.99. The summed E-state index contributed by atoms with van der Waals surface area (Å²) in [6, 6.07) is 14.3. The van der Waals surface area contributed by atoms with Crippen LogP contribution in [0.5, 0.6) is 0 Å². The van der Waals surface area contributed by atoms with Crippen LogP contribution in [0, 0.1) is 0 Å². The Kier molecular flexibility index (Phi) is 5.51.